The minimum atomic E-state index is -0.809. The molecule has 1 unspecified atom stereocenters. The van der Waals surface area contributed by atoms with E-state index < -0.39 is 17.8 Å². The summed E-state index contributed by atoms with van der Waals surface area (Å²) in [6.07, 6.45) is 0.955. The predicted octanol–water partition coefficient (Wildman–Crippen LogP) is 2.89. The molecule has 0 aromatic heterocycles. The van der Waals surface area contributed by atoms with Gasteiger partial charge in [0.2, 0.25) is 5.91 Å². The summed E-state index contributed by atoms with van der Waals surface area (Å²) in [6, 6.07) is 11.7. The van der Waals surface area contributed by atoms with Gasteiger partial charge in [-0.05, 0) is 43.0 Å². The molecular formula is C24H27ClFN3O4. The quantitative estimate of drug-likeness (QED) is 0.575. The van der Waals surface area contributed by atoms with Gasteiger partial charge in [0, 0.05) is 26.7 Å². The number of nitrogens with one attached hydrogen (secondary N) is 2. The normalized spacial score (nSPS) is 15.1. The third-order valence-corrected chi connectivity index (χ3v) is 6.03. The third-order valence-electron chi connectivity index (χ3n) is 5.70. The number of carbonyl (C=O) groups excluding carboxylic acids is 3. The van der Waals surface area contributed by atoms with Crippen LogP contribution < -0.4 is 10.6 Å². The number of benzene rings is 2. The van der Waals surface area contributed by atoms with Gasteiger partial charge in [0.05, 0.1) is 22.8 Å². The summed E-state index contributed by atoms with van der Waals surface area (Å²) >= 11 is 6.14. The molecule has 9 heteroatoms. The van der Waals surface area contributed by atoms with Crippen LogP contribution >= 0.6 is 11.6 Å². The number of hydrogen-bond acceptors (Lipinski definition) is 4. The molecule has 0 saturated carbocycles. The summed E-state index contributed by atoms with van der Waals surface area (Å²) in [5.74, 6) is -1.92. The van der Waals surface area contributed by atoms with Crippen molar-refractivity contribution in [2.45, 2.75) is 18.9 Å². The van der Waals surface area contributed by atoms with Gasteiger partial charge < -0.3 is 20.3 Å². The molecule has 2 aromatic carbocycles. The Morgan fingerprint density at radius 3 is 2.36 bits per heavy atom. The lowest BCUT2D eigenvalue weighted by Gasteiger charge is -2.36. The van der Waals surface area contributed by atoms with Crippen LogP contribution in [0.4, 0.5) is 4.39 Å². The molecule has 1 fully saturated rings. The van der Waals surface area contributed by atoms with Gasteiger partial charge in [-0.1, -0.05) is 35.9 Å². The topological polar surface area (TPSA) is 87.7 Å². The second-order valence-corrected chi connectivity index (χ2v) is 8.23. The van der Waals surface area contributed by atoms with E-state index >= 15 is 0 Å². The monoisotopic (exact) mass is 475 g/mol. The number of carbonyl (C=O) groups is 3. The minimum Gasteiger partial charge on any atom is -0.383 e. The number of nitrogens with zero attached hydrogens (tertiary/aromatic N) is 1. The molecular weight excluding hydrogens is 449 g/mol. The predicted molar refractivity (Wildman–Crippen MR) is 123 cm³/mol. The van der Waals surface area contributed by atoms with Crippen LogP contribution in [-0.4, -0.2) is 62.0 Å². The van der Waals surface area contributed by atoms with Crippen LogP contribution in [0.2, 0.25) is 5.02 Å². The number of piperidine rings is 1. The molecule has 0 spiro atoms. The lowest BCUT2D eigenvalue weighted by molar-refractivity contribution is -0.124. The Bertz CT molecular complexity index is 995. The Balaban J connectivity index is 1.70. The van der Waals surface area contributed by atoms with E-state index in [1.807, 2.05) is 0 Å². The summed E-state index contributed by atoms with van der Waals surface area (Å²) in [7, 11) is 1.53. The maximum Gasteiger partial charge on any atom is 0.256 e. The van der Waals surface area contributed by atoms with Gasteiger partial charge in [0.1, 0.15) is 11.9 Å². The van der Waals surface area contributed by atoms with Crippen molar-refractivity contribution >= 4 is 29.3 Å². The minimum absolute atomic E-state index is 0.0248. The summed E-state index contributed by atoms with van der Waals surface area (Å²) in [5.41, 5.74) is 0.304. The van der Waals surface area contributed by atoms with Crippen LogP contribution in [0.3, 0.4) is 0 Å². The van der Waals surface area contributed by atoms with Gasteiger partial charge in [-0.25, -0.2) is 4.39 Å². The molecule has 3 rings (SSSR count). The molecule has 3 amide bonds. The van der Waals surface area contributed by atoms with Crippen molar-refractivity contribution in [2.75, 3.05) is 33.4 Å². The number of ether oxygens (including phenoxy) is 1. The number of rotatable bonds is 8. The summed E-state index contributed by atoms with van der Waals surface area (Å²) < 4.78 is 19.0. The molecule has 2 aromatic rings. The highest BCUT2D eigenvalue weighted by Gasteiger charge is 2.34. The van der Waals surface area contributed by atoms with Gasteiger partial charge in [0.25, 0.3) is 11.8 Å². The van der Waals surface area contributed by atoms with Crippen molar-refractivity contribution < 1.29 is 23.5 Å². The van der Waals surface area contributed by atoms with Crippen molar-refractivity contribution in [3.63, 3.8) is 0 Å². The van der Waals surface area contributed by atoms with E-state index in [4.69, 9.17) is 16.3 Å². The third kappa shape index (κ3) is 6.30. The zero-order valence-corrected chi connectivity index (χ0v) is 19.1. The van der Waals surface area contributed by atoms with E-state index in [1.54, 1.807) is 35.2 Å². The molecule has 1 heterocycles. The van der Waals surface area contributed by atoms with E-state index in [0.29, 0.717) is 44.1 Å². The molecule has 2 N–H and O–H groups in total. The first-order chi connectivity index (χ1) is 15.9. The highest BCUT2D eigenvalue weighted by Crippen LogP contribution is 2.24. The molecule has 1 aliphatic heterocycles. The summed E-state index contributed by atoms with van der Waals surface area (Å²) in [6.45, 7) is 1.34. The lowest BCUT2D eigenvalue weighted by Crippen LogP contribution is -2.54. The standard InChI is InChI=1S/C24H27ClFN3O4/c1-33-15-12-27-23(31)21(28-22(30)17-6-2-4-8-19(17)25)16-10-13-29(14-11-16)24(32)18-7-3-5-9-20(18)26/h2-9,16,21H,10-15H2,1H3,(H,27,31)(H,28,30). The van der Waals surface area contributed by atoms with Gasteiger partial charge in [-0.15, -0.1) is 0 Å². The van der Waals surface area contributed by atoms with Crippen LogP contribution in [0.25, 0.3) is 0 Å². The summed E-state index contributed by atoms with van der Waals surface area (Å²) in [4.78, 5) is 40.0. The van der Waals surface area contributed by atoms with Crippen LogP contribution in [0.15, 0.2) is 48.5 Å². The van der Waals surface area contributed by atoms with E-state index in [9.17, 15) is 18.8 Å². The second-order valence-electron chi connectivity index (χ2n) is 7.82. The molecule has 1 aliphatic rings. The molecule has 0 bridgehead atoms. The van der Waals surface area contributed by atoms with Crippen molar-refractivity contribution in [3.8, 4) is 0 Å². The first kappa shape index (κ1) is 24.7. The van der Waals surface area contributed by atoms with Crippen LogP contribution in [0.5, 0.6) is 0 Å². The SMILES string of the molecule is COCCNC(=O)C(NC(=O)c1ccccc1Cl)C1CCN(C(=O)c2ccccc2F)CC1. The van der Waals surface area contributed by atoms with E-state index in [0.717, 1.165) is 0 Å². The Labute approximate surface area is 197 Å². The number of methoxy groups -OCH3 is 1. The Morgan fingerprint density at radius 1 is 1.09 bits per heavy atom. The summed E-state index contributed by atoms with van der Waals surface area (Å²) in [5, 5.41) is 5.88. The maximum absolute atomic E-state index is 14.0. The molecule has 1 saturated heterocycles. The number of halogens is 2. The van der Waals surface area contributed by atoms with Gasteiger partial charge in [-0.2, -0.15) is 0 Å². The fourth-order valence-electron chi connectivity index (χ4n) is 3.89. The van der Waals surface area contributed by atoms with E-state index in [-0.39, 0.29) is 28.9 Å². The van der Waals surface area contributed by atoms with Crippen LogP contribution in [0.1, 0.15) is 33.6 Å². The Morgan fingerprint density at radius 2 is 1.73 bits per heavy atom. The Kier molecular flexibility index (Phi) is 8.79. The average Bonchev–Trinajstić information content (AvgIpc) is 2.83. The van der Waals surface area contributed by atoms with Gasteiger partial charge in [-0.3, -0.25) is 14.4 Å². The van der Waals surface area contributed by atoms with Crippen molar-refractivity contribution in [2.24, 2.45) is 5.92 Å². The number of amides is 3. The molecule has 0 aliphatic carbocycles. The van der Waals surface area contributed by atoms with Gasteiger partial charge in [0.15, 0.2) is 0 Å². The Hall–Kier alpha value is -2.97. The molecule has 7 nitrogen and oxygen atoms in total. The highest BCUT2D eigenvalue weighted by atomic mass is 35.5. The molecule has 33 heavy (non-hydrogen) atoms. The van der Waals surface area contributed by atoms with Crippen LogP contribution in [0, 0.1) is 11.7 Å². The average molecular weight is 476 g/mol. The van der Waals surface area contributed by atoms with Crippen molar-refractivity contribution in [3.05, 3.63) is 70.5 Å². The zero-order chi connectivity index (χ0) is 23.8. The number of likely N-dealkylation sites (tertiary alicyclic amines) is 1. The fourth-order valence-corrected chi connectivity index (χ4v) is 4.11. The molecule has 0 radical (unpaired) electrons. The smallest absolute Gasteiger partial charge is 0.256 e. The number of hydrogen-bond donors (Lipinski definition) is 2. The first-order valence-electron chi connectivity index (χ1n) is 10.8. The highest BCUT2D eigenvalue weighted by molar-refractivity contribution is 6.33. The molecule has 176 valence electrons. The van der Waals surface area contributed by atoms with E-state index in [1.165, 1.54) is 25.3 Å². The van der Waals surface area contributed by atoms with Crippen molar-refractivity contribution in [1.29, 1.82) is 0 Å². The fraction of sp³-hybridized carbons (Fsp3) is 0.375. The lowest BCUT2D eigenvalue weighted by atomic mass is 9.88. The van der Waals surface area contributed by atoms with Crippen LogP contribution in [-0.2, 0) is 9.53 Å². The molecule has 1 atom stereocenters. The first-order valence-corrected chi connectivity index (χ1v) is 11.2. The van der Waals surface area contributed by atoms with E-state index in [2.05, 4.69) is 10.6 Å². The largest absolute Gasteiger partial charge is 0.383 e. The zero-order valence-electron chi connectivity index (χ0n) is 18.4. The maximum atomic E-state index is 14.0. The second kappa shape index (κ2) is 11.8. The van der Waals surface area contributed by atoms with Gasteiger partial charge >= 0.3 is 0 Å². The van der Waals surface area contributed by atoms with Crippen molar-refractivity contribution in [1.82, 2.24) is 15.5 Å².